The number of anilines is 1. The second kappa shape index (κ2) is 13.5. The van der Waals surface area contributed by atoms with E-state index in [1.807, 2.05) is 42.7 Å². The predicted molar refractivity (Wildman–Crippen MR) is 188 cm³/mol. The van der Waals surface area contributed by atoms with E-state index in [0.717, 1.165) is 85.1 Å². The first kappa shape index (κ1) is 32.8. The van der Waals surface area contributed by atoms with Gasteiger partial charge in [-0.15, -0.1) is 11.3 Å². The maximum atomic E-state index is 14.0. The van der Waals surface area contributed by atoms with E-state index in [-0.39, 0.29) is 17.1 Å². The van der Waals surface area contributed by atoms with Crippen molar-refractivity contribution >= 4 is 43.0 Å². The van der Waals surface area contributed by atoms with Crippen molar-refractivity contribution in [2.75, 3.05) is 30.6 Å². The van der Waals surface area contributed by atoms with Crippen LogP contribution in [0.2, 0.25) is 0 Å². The Kier molecular flexibility index (Phi) is 9.65. The number of aryl methyl sites for hydroxylation is 1. The topological polar surface area (TPSA) is 92.3 Å². The molecule has 3 aromatic heterocycles. The Labute approximate surface area is 277 Å². The van der Waals surface area contributed by atoms with Gasteiger partial charge in [-0.2, -0.15) is 0 Å². The van der Waals surface area contributed by atoms with Gasteiger partial charge in [-0.1, -0.05) is 39.0 Å². The average molecular weight is 659 g/mol. The molecule has 0 bridgehead atoms. The van der Waals surface area contributed by atoms with Crippen LogP contribution in [0.3, 0.4) is 0 Å². The molecule has 244 valence electrons. The number of carbonyl (C=O) groups is 1. The minimum Gasteiger partial charge on any atom is -0.303 e. The lowest BCUT2D eigenvalue weighted by atomic mass is 9.71. The van der Waals surface area contributed by atoms with Gasteiger partial charge in [0.25, 0.3) is 0 Å². The van der Waals surface area contributed by atoms with Gasteiger partial charge < -0.3 is 4.90 Å². The van der Waals surface area contributed by atoms with E-state index < -0.39 is 10.0 Å². The molecule has 0 saturated carbocycles. The van der Waals surface area contributed by atoms with Crippen molar-refractivity contribution < 1.29 is 13.2 Å². The van der Waals surface area contributed by atoms with Gasteiger partial charge in [0.05, 0.1) is 11.1 Å². The quantitative estimate of drug-likeness (QED) is 0.175. The highest BCUT2D eigenvalue weighted by atomic mass is 32.2. The summed E-state index contributed by atoms with van der Waals surface area (Å²) in [5, 5.41) is 1.06. The lowest BCUT2D eigenvalue weighted by molar-refractivity contribution is 0.0972. The van der Waals surface area contributed by atoms with Crippen LogP contribution in [0, 0.1) is 11.3 Å². The third-order valence-corrected chi connectivity index (χ3v) is 11.6. The van der Waals surface area contributed by atoms with E-state index in [2.05, 4.69) is 47.5 Å². The fourth-order valence-electron chi connectivity index (χ4n) is 7.27. The Bertz CT molecular complexity index is 1800. The summed E-state index contributed by atoms with van der Waals surface area (Å²) >= 11 is 1.51. The molecular formula is C37H46N4O3S2. The number of nitrogens with one attached hydrogen (secondary N) is 1. The molecule has 9 heteroatoms. The summed E-state index contributed by atoms with van der Waals surface area (Å²) in [7, 11) is -3.42. The Morgan fingerprint density at radius 3 is 2.74 bits per heavy atom. The molecule has 0 radical (unpaired) electrons. The molecule has 1 N–H and O–H groups in total. The summed E-state index contributed by atoms with van der Waals surface area (Å²) in [6.45, 7) is 9.85. The number of pyridine rings is 2. The minimum atomic E-state index is -3.42. The maximum Gasteiger partial charge on any atom is 0.229 e. The van der Waals surface area contributed by atoms with Crippen LogP contribution >= 0.6 is 11.3 Å². The van der Waals surface area contributed by atoms with E-state index in [0.29, 0.717) is 23.9 Å². The molecule has 1 aromatic carbocycles. The van der Waals surface area contributed by atoms with Crippen LogP contribution in [0.5, 0.6) is 0 Å². The van der Waals surface area contributed by atoms with Gasteiger partial charge in [-0.3, -0.25) is 14.5 Å². The summed E-state index contributed by atoms with van der Waals surface area (Å²) in [5.41, 5.74) is 5.57. The van der Waals surface area contributed by atoms with Crippen molar-refractivity contribution in [3.8, 4) is 0 Å². The first-order valence-electron chi connectivity index (χ1n) is 16.6. The number of benzene rings is 1. The molecule has 46 heavy (non-hydrogen) atoms. The molecule has 4 aromatic rings. The maximum absolute atomic E-state index is 14.0. The van der Waals surface area contributed by atoms with E-state index in [9.17, 15) is 13.2 Å². The lowest BCUT2D eigenvalue weighted by Gasteiger charge is -2.34. The van der Waals surface area contributed by atoms with E-state index in [4.69, 9.17) is 4.98 Å². The Hall–Kier alpha value is -3.14. The third kappa shape index (κ3) is 8.04. The Morgan fingerprint density at radius 2 is 1.98 bits per heavy atom. The molecule has 1 aliphatic heterocycles. The second-order valence-corrected chi connectivity index (χ2v) is 17.2. The number of likely N-dealkylation sites (tertiary alicyclic amines) is 1. The molecule has 7 nitrogen and oxygen atoms in total. The van der Waals surface area contributed by atoms with Crippen LogP contribution in [0.4, 0.5) is 5.69 Å². The number of hydrogen-bond donors (Lipinski definition) is 1. The van der Waals surface area contributed by atoms with Gasteiger partial charge in [0, 0.05) is 42.1 Å². The number of piperidine rings is 1. The predicted octanol–water partition coefficient (Wildman–Crippen LogP) is 7.84. The van der Waals surface area contributed by atoms with Crippen LogP contribution in [0.1, 0.15) is 96.8 Å². The zero-order chi connectivity index (χ0) is 32.5. The van der Waals surface area contributed by atoms with Crippen LogP contribution in [-0.2, 0) is 22.9 Å². The molecule has 0 amide bonds. The number of fused-ring (bicyclic) bond motifs is 2. The summed E-state index contributed by atoms with van der Waals surface area (Å²) in [6, 6.07) is 16.0. The standard InChI is InChI=1S/C37H46N4O3S2/c1-37(2,3)31-12-13-33-29(19-31)18-30-22-35(45-36(30)39-33)34(42)21-26(25-8-5-11-32(20-25)40-46(4,43)44)14-17-41-16-7-10-28(24-41)27-9-6-15-38-23-27/h5-6,8-9,11,15,18,20,22-23,26,28,31,40H,7,10,12-14,16-17,19,21,24H2,1-4H3/t26-,28?,31-/m0/s1. The van der Waals surface area contributed by atoms with Crippen molar-refractivity contribution in [3.05, 3.63) is 88.2 Å². The van der Waals surface area contributed by atoms with Crippen molar-refractivity contribution in [1.82, 2.24) is 14.9 Å². The molecule has 1 saturated heterocycles. The first-order chi connectivity index (χ1) is 21.9. The summed E-state index contributed by atoms with van der Waals surface area (Å²) < 4.78 is 26.6. The number of hydrogen-bond acceptors (Lipinski definition) is 7. The molecule has 6 rings (SSSR count). The normalized spacial score (nSPS) is 19.9. The molecule has 0 spiro atoms. The second-order valence-electron chi connectivity index (χ2n) is 14.4. The number of ketones is 1. The molecular weight excluding hydrogens is 613 g/mol. The van der Waals surface area contributed by atoms with Crippen LogP contribution in [0.15, 0.2) is 60.9 Å². The highest BCUT2D eigenvalue weighted by Gasteiger charge is 2.30. The van der Waals surface area contributed by atoms with Crippen molar-refractivity contribution in [2.24, 2.45) is 11.3 Å². The van der Waals surface area contributed by atoms with Gasteiger partial charge in [-0.05, 0) is 122 Å². The highest BCUT2D eigenvalue weighted by Crippen LogP contribution is 2.39. The molecule has 3 atom stereocenters. The van der Waals surface area contributed by atoms with Crippen LogP contribution in [0.25, 0.3) is 10.2 Å². The largest absolute Gasteiger partial charge is 0.303 e. The monoisotopic (exact) mass is 658 g/mol. The van der Waals surface area contributed by atoms with Crippen molar-refractivity contribution in [2.45, 2.75) is 77.6 Å². The number of carbonyl (C=O) groups excluding carboxylic acids is 1. The summed E-state index contributed by atoms with van der Waals surface area (Å²) in [5.74, 6) is 1.16. The Balaban J connectivity index is 1.21. The Morgan fingerprint density at radius 1 is 1.13 bits per heavy atom. The number of Topliss-reactive ketones (excluding diaryl/α,β-unsaturated/α-hetero) is 1. The fraction of sp³-hybridized carbons (Fsp3) is 0.486. The molecule has 1 unspecified atom stereocenters. The smallest absolute Gasteiger partial charge is 0.229 e. The summed E-state index contributed by atoms with van der Waals surface area (Å²) in [4.78, 5) is 27.5. The van der Waals surface area contributed by atoms with Gasteiger partial charge in [0.15, 0.2) is 5.78 Å². The van der Waals surface area contributed by atoms with Crippen LogP contribution in [-0.4, -0.2) is 55.0 Å². The first-order valence-corrected chi connectivity index (χ1v) is 19.3. The van der Waals surface area contributed by atoms with Gasteiger partial charge in [0.1, 0.15) is 4.83 Å². The number of thiophene rings is 1. The number of aromatic nitrogens is 2. The fourth-order valence-corrected chi connectivity index (χ4v) is 8.81. The van der Waals surface area contributed by atoms with E-state index in [1.165, 1.54) is 28.2 Å². The van der Waals surface area contributed by atoms with Gasteiger partial charge in [0.2, 0.25) is 10.0 Å². The highest BCUT2D eigenvalue weighted by molar-refractivity contribution is 7.92. The zero-order valence-corrected chi connectivity index (χ0v) is 29.1. The van der Waals surface area contributed by atoms with E-state index >= 15 is 0 Å². The van der Waals surface area contributed by atoms with Gasteiger partial charge in [-0.25, -0.2) is 13.4 Å². The lowest BCUT2D eigenvalue weighted by Crippen LogP contribution is -2.35. The average Bonchev–Trinajstić information content (AvgIpc) is 3.44. The van der Waals surface area contributed by atoms with E-state index in [1.54, 1.807) is 6.07 Å². The van der Waals surface area contributed by atoms with Crippen molar-refractivity contribution in [1.29, 1.82) is 0 Å². The SMILES string of the molecule is CC(C)(C)[C@H]1CCc2nc3sc(C(=O)C[C@H](CCN4CCCC(c5cccnc5)C4)c4cccc(NS(C)(=O)=O)c4)cc3cc2C1. The molecule has 1 aliphatic carbocycles. The number of rotatable bonds is 10. The molecule has 2 aliphatic rings. The third-order valence-electron chi connectivity index (χ3n) is 9.92. The van der Waals surface area contributed by atoms with Crippen LogP contribution < -0.4 is 4.72 Å². The number of sulfonamides is 1. The zero-order valence-electron chi connectivity index (χ0n) is 27.5. The molecule has 4 heterocycles. The summed E-state index contributed by atoms with van der Waals surface area (Å²) in [6.07, 6.45) is 11.6. The minimum absolute atomic E-state index is 0.0495. The van der Waals surface area contributed by atoms with Crippen molar-refractivity contribution in [3.63, 3.8) is 0 Å². The molecule has 1 fully saturated rings. The van der Waals surface area contributed by atoms with Gasteiger partial charge >= 0.3 is 0 Å². The number of nitrogens with zero attached hydrogens (tertiary/aromatic N) is 3.